The molecule has 1 aliphatic heterocycles. The van der Waals surface area contributed by atoms with Gasteiger partial charge in [-0.3, -0.25) is 0 Å². The molecule has 0 aromatic heterocycles. The van der Waals surface area contributed by atoms with Crippen LogP contribution in [-0.2, 0) is 0 Å². The van der Waals surface area contributed by atoms with Crippen molar-refractivity contribution in [2.24, 2.45) is 0 Å². The van der Waals surface area contributed by atoms with Crippen LogP contribution in [0.2, 0.25) is 5.02 Å². The monoisotopic (exact) mass is 378 g/mol. The van der Waals surface area contributed by atoms with Crippen molar-refractivity contribution in [2.45, 2.75) is 5.37 Å². The number of nitrogens with one attached hydrogen (secondary N) is 1. The van der Waals surface area contributed by atoms with Gasteiger partial charge >= 0.3 is 6.03 Å². The smallest absolute Gasteiger partial charge is 0.323 e. The number of thioether (sulfide) groups is 1. The lowest BCUT2D eigenvalue weighted by atomic mass is 10.2. The number of amides is 2. The Bertz CT molecular complexity index is 749. The fourth-order valence-electron chi connectivity index (χ4n) is 2.69. The molecule has 2 aromatic carbocycles. The standard InChI is InChI=1S/C18H19ClN2O3S/c1-23-15-8-12(9-16(11-15)24-2)17-21(6-7-25-17)18(22)20-14-5-3-4-13(19)10-14/h3-5,8-11,17H,6-7H2,1-2H3,(H,20,22)/t17-/m1/s1. The van der Waals surface area contributed by atoms with Gasteiger partial charge in [0, 0.05) is 29.1 Å². The van der Waals surface area contributed by atoms with Crippen LogP contribution in [0.4, 0.5) is 10.5 Å². The quantitative estimate of drug-likeness (QED) is 0.842. The highest BCUT2D eigenvalue weighted by Crippen LogP contribution is 2.40. The second kappa shape index (κ2) is 7.89. The lowest BCUT2D eigenvalue weighted by Gasteiger charge is -2.25. The summed E-state index contributed by atoms with van der Waals surface area (Å²) in [5, 5.41) is 3.40. The van der Waals surface area contributed by atoms with Crippen LogP contribution in [0, 0.1) is 0 Å². The number of rotatable bonds is 4. The first kappa shape index (κ1) is 17.8. The number of hydrogen-bond acceptors (Lipinski definition) is 4. The van der Waals surface area contributed by atoms with Crippen LogP contribution < -0.4 is 14.8 Å². The molecule has 3 rings (SSSR count). The number of carbonyl (C=O) groups is 1. The number of hydrogen-bond donors (Lipinski definition) is 1. The lowest BCUT2D eigenvalue weighted by molar-refractivity contribution is 0.214. The SMILES string of the molecule is COc1cc(OC)cc([C@H]2SCCN2C(=O)Nc2cccc(Cl)c2)c1. The van der Waals surface area contributed by atoms with Crippen LogP contribution >= 0.6 is 23.4 Å². The summed E-state index contributed by atoms with van der Waals surface area (Å²) in [7, 11) is 3.23. The van der Waals surface area contributed by atoms with E-state index < -0.39 is 0 Å². The largest absolute Gasteiger partial charge is 0.497 e. The third-order valence-corrected chi connectivity index (χ3v) is 5.38. The van der Waals surface area contributed by atoms with E-state index in [0.717, 1.165) is 11.3 Å². The summed E-state index contributed by atoms with van der Waals surface area (Å²) in [4.78, 5) is 14.5. The van der Waals surface area contributed by atoms with Gasteiger partial charge in [0.1, 0.15) is 16.9 Å². The lowest BCUT2D eigenvalue weighted by Crippen LogP contribution is -2.34. The maximum absolute atomic E-state index is 12.7. The Kier molecular flexibility index (Phi) is 5.60. The number of benzene rings is 2. The van der Waals surface area contributed by atoms with Crippen LogP contribution in [0.15, 0.2) is 42.5 Å². The van der Waals surface area contributed by atoms with Crippen molar-refractivity contribution in [3.05, 3.63) is 53.1 Å². The second-order valence-corrected chi connectivity index (χ2v) is 7.13. The average molecular weight is 379 g/mol. The highest BCUT2D eigenvalue weighted by Gasteiger charge is 2.31. The number of carbonyl (C=O) groups excluding carboxylic acids is 1. The number of urea groups is 1. The Hall–Kier alpha value is -2.05. The molecule has 0 unspecified atom stereocenters. The van der Waals surface area contributed by atoms with Gasteiger partial charge in [-0.05, 0) is 35.9 Å². The Balaban J connectivity index is 1.81. The maximum atomic E-state index is 12.7. The Morgan fingerprint density at radius 2 is 1.92 bits per heavy atom. The van der Waals surface area contributed by atoms with E-state index in [4.69, 9.17) is 21.1 Å². The molecule has 1 fully saturated rings. The average Bonchev–Trinajstić information content (AvgIpc) is 3.11. The minimum absolute atomic E-state index is 0.0943. The molecule has 0 spiro atoms. The van der Waals surface area contributed by atoms with Crippen LogP contribution in [0.1, 0.15) is 10.9 Å². The van der Waals surface area contributed by atoms with E-state index in [-0.39, 0.29) is 11.4 Å². The molecule has 1 saturated heterocycles. The van der Waals surface area contributed by atoms with E-state index in [1.807, 2.05) is 24.3 Å². The molecule has 132 valence electrons. The number of halogens is 1. The molecule has 2 amide bonds. The molecule has 1 aliphatic rings. The summed E-state index contributed by atoms with van der Waals surface area (Å²) < 4.78 is 10.7. The predicted molar refractivity (Wildman–Crippen MR) is 102 cm³/mol. The highest BCUT2D eigenvalue weighted by atomic mass is 35.5. The Morgan fingerprint density at radius 3 is 2.56 bits per heavy atom. The third-order valence-electron chi connectivity index (χ3n) is 3.89. The van der Waals surface area contributed by atoms with Gasteiger partial charge < -0.3 is 19.7 Å². The van der Waals surface area contributed by atoms with Gasteiger partial charge in [0.15, 0.2) is 0 Å². The first-order chi connectivity index (χ1) is 12.1. The van der Waals surface area contributed by atoms with Gasteiger partial charge in [-0.25, -0.2) is 4.79 Å². The zero-order valence-electron chi connectivity index (χ0n) is 14.0. The predicted octanol–water partition coefficient (Wildman–Crippen LogP) is 4.64. The molecule has 0 aliphatic carbocycles. The van der Waals surface area contributed by atoms with Crippen molar-refractivity contribution in [1.82, 2.24) is 4.90 Å². The zero-order valence-corrected chi connectivity index (χ0v) is 15.6. The van der Waals surface area contributed by atoms with Crippen LogP contribution in [-0.4, -0.2) is 37.4 Å². The van der Waals surface area contributed by atoms with Crippen molar-refractivity contribution in [1.29, 1.82) is 0 Å². The minimum atomic E-state index is -0.154. The molecule has 7 heteroatoms. The topological polar surface area (TPSA) is 50.8 Å². The van der Waals surface area contributed by atoms with Gasteiger partial charge in [0.2, 0.25) is 0 Å². The van der Waals surface area contributed by atoms with Crippen LogP contribution in [0.5, 0.6) is 11.5 Å². The number of nitrogens with zero attached hydrogens (tertiary/aromatic N) is 1. The van der Waals surface area contributed by atoms with E-state index in [2.05, 4.69) is 5.32 Å². The van der Waals surface area contributed by atoms with Crippen molar-refractivity contribution < 1.29 is 14.3 Å². The molecule has 1 atom stereocenters. The fraction of sp³-hybridized carbons (Fsp3) is 0.278. The highest BCUT2D eigenvalue weighted by molar-refractivity contribution is 7.99. The van der Waals surface area contributed by atoms with Crippen molar-refractivity contribution in [3.8, 4) is 11.5 Å². The van der Waals surface area contributed by atoms with E-state index in [0.29, 0.717) is 28.8 Å². The maximum Gasteiger partial charge on any atom is 0.323 e. The van der Waals surface area contributed by atoms with Crippen molar-refractivity contribution in [2.75, 3.05) is 31.8 Å². The second-order valence-electron chi connectivity index (χ2n) is 5.50. The van der Waals surface area contributed by atoms with Gasteiger partial charge in [-0.15, -0.1) is 11.8 Å². The number of anilines is 1. The third kappa shape index (κ3) is 4.14. The first-order valence-corrected chi connectivity index (χ1v) is 9.21. The van der Waals surface area contributed by atoms with E-state index in [1.165, 1.54) is 0 Å². The van der Waals surface area contributed by atoms with Gasteiger partial charge in [0.25, 0.3) is 0 Å². The molecule has 0 saturated carbocycles. The Labute approximate surface area is 156 Å². The summed E-state index contributed by atoms with van der Waals surface area (Å²) in [6.07, 6.45) is 0. The molecule has 0 bridgehead atoms. The van der Waals surface area contributed by atoms with E-state index in [9.17, 15) is 4.79 Å². The molecular formula is C18H19ClN2O3S. The number of methoxy groups -OCH3 is 2. The van der Waals surface area contributed by atoms with Crippen LogP contribution in [0.25, 0.3) is 0 Å². The summed E-state index contributed by atoms with van der Waals surface area (Å²) >= 11 is 7.69. The van der Waals surface area contributed by atoms with Gasteiger partial charge in [-0.2, -0.15) is 0 Å². The van der Waals surface area contributed by atoms with E-state index in [1.54, 1.807) is 49.1 Å². The molecule has 2 aromatic rings. The zero-order chi connectivity index (χ0) is 17.8. The van der Waals surface area contributed by atoms with Gasteiger partial charge in [0.05, 0.1) is 14.2 Å². The molecule has 1 N–H and O–H groups in total. The van der Waals surface area contributed by atoms with Gasteiger partial charge in [-0.1, -0.05) is 17.7 Å². The Morgan fingerprint density at radius 1 is 1.20 bits per heavy atom. The summed E-state index contributed by atoms with van der Waals surface area (Å²) in [5.41, 5.74) is 1.65. The normalized spacial score (nSPS) is 16.6. The van der Waals surface area contributed by atoms with Crippen molar-refractivity contribution >= 4 is 35.1 Å². The summed E-state index contributed by atoms with van der Waals surface area (Å²) in [5.74, 6) is 2.28. The fourth-order valence-corrected chi connectivity index (χ4v) is 4.11. The van der Waals surface area contributed by atoms with Crippen LogP contribution in [0.3, 0.4) is 0 Å². The summed E-state index contributed by atoms with van der Waals surface area (Å²) in [6.45, 7) is 0.668. The number of ether oxygens (including phenoxy) is 2. The molecule has 1 heterocycles. The van der Waals surface area contributed by atoms with Crippen molar-refractivity contribution in [3.63, 3.8) is 0 Å². The minimum Gasteiger partial charge on any atom is -0.497 e. The van der Waals surface area contributed by atoms with E-state index >= 15 is 0 Å². The molecule has 5 nitrogen and oxygen atoms in total. The first-order valence-electron chi connectivity index (χ1n) is 7.78. The molecule has 0 radical (unpaired) electrons. The molecular weight excluding hydrogens is 360 g/mol. The summed E-state index contributed by atoms with van der Waals surface area (Å²) in [6, 6.07) is 12.7. The molecule has 25 heavy (non-hydrogen) atoms.